The summed E-state index contributed by atoms with van der Waals surface area (Å²) in [5.74, 6) is 0. The predicted molar refractivity (Wildman–Crippen MR) is 79.9 cm³/mol. The Bertz CT molecular complexity index is 706. The van der Waals surface area contributed by atoms with E-state index in [-0.39, 0.29) is 11.4 Å². The average Bonchev–Trinajstić information content (AvgIpc) is 2.47. The third-order valence-corrected chi connectivity index (χ3v) is 3.76. The van der Waals surface area contributed by atoms with Crippen molar-refractivity contribution in [3.8, 4) is 0 Å². The maximum absolute atomic E-state index is 11.1. The lowest BCUT2D eigenvalue weighted by molar-refractivity contribution is -0.396. The van der Waals surface area contributed by atoms with E-state index in [1.807, 2.05) is 24.3 Å². The molecule has 0 aromatic heterocycles. The molecule has 0 fully saturated rings. The molecular weight excluding hydrogens is 294 g/mol. The van der Waals surface area contributed by atoms with Crippen LogP contribution in [0.2, 0.25) is 0 Å². The second kappa shape index (κ2) is 6.23. The van der Waals surface area contributed by atoms with E-state index in [1.54, 1.807) is 7.05 Å². The number of anilines is 1. The van der Waals surface area contributed by atoms with Gasteiger partial charge in [-0.1, -0.05) is 17.8 Å². The summed E-state index contributed by atoms with van der Waals surface area (Å²) in [6.07, 6.45) is 0. The van der Waals surface area contributed by atoms with Crippen molar-refractivity contribution in [2.24, 2.45) is 0 Å². The number of non-ortho nitro benzene ring substituents is 1. The monoisotopic (exact) mass is 305 g/mol. The molecule has 21 heavy (non-hydrogen) atoms. The van der Waals surface area contributed by atoms with Gasteiger partial charge in [-0.15, -0.1) is 0 Å². The van der Waals surface area contributed by atoms with Crippen LogP contribution in [0.5, 0.6) is 0 Å². The van der Waals surface area contributed by atoms with E-state index in [9.17, 15) is 20.2 Å². The Hall–Kier alpha value is -2.61. The SMILES string of the molecule is CNc1cccc(Sc2ccc([N+](=O)[O-])cc2[N+](=O)[O-])c1. The molecule has 0 bridgehead atoms. The minimum atomic E-state index is -0.650. The third kappa shape index (κ3) is 3.48. The van der Waals surface area contributed by atoms with Gasteiger partial charge in [0.2, 0.25) is 0 Å². The molecule has 0 radical (unpaired) electrons. The number of nitro groups is 2. The van der Waals surface area contributed by atoms with E-state index in [2.05, 4.69) is 5.32 Å². The van der Waals surface area contributed by atoms with Crippen molar-refractivity contribution in [2.45, 2.75) is 9.79 Å². The van der Waals surface area contributed by atoms with E-state index >= 15 is 0 Å². The Morgan fingerprint density at radius 3 is 2.43 bits per heavy atom. The topological polar surface area (TPSA) is 98.3 Å². The van der Waals surface area contributed by atoms with Crippen LogP contribution in [0.1, 0.15) is 0 Å². The van der Waals surface area contributed by atoms with Gasteiger partial charge in [0.1, 0.15) is 0 Å². The minimum absolute atomic E-state index is 0.274. The lowest BCUT2D eigenvalue weighted by atomic mass is 10.3. The number of nitrogens with zero attached hydrogens (tertiary/aromatic N) is 2. The van der Waals surface area contributed by atoms with Crippen molar-refractivity contribution in [3.05, 3.63) is 62.7 Å². The molecule has 1 N–H and O–H groups in total. The molecule has 108 valence electrons. The van der Waals surface area contributed by atoms with E-state index in [0.717, 1.165) is 16.6 Å². The molecule has 0 aliphatic rings. The largest absolute Gasteiger partial charge is 0.388 e. The van der Waals surface area contributed by atoms with Crippen LogP contribution in [-0.2, 0) is 0 Å². The molecule has 2 aromatic rings. The number of benzene rings is 2. The molecule has 0 spiro atoms. The lowest BCUT2D eigenvalue weighted by Gasteiger charge is -2.05. The second-order valence-corrected chi connectivity index (χ2v) is 5.16. The van der Waals surface area contributed by atoms with Crippen LogP contribution in [0.4, 0.5) is 17.1 Å². The Morgan fingerprint density at radius 2 is 1.81 bits per heavy atom. The number of nitrogens with one attached hydrogen (secondary N) is 1. The molecule has 0 heterocycles. The van der Waals surface area contributed by atoms with Gasteiger partial charge in [-0.2, -0.15) is 0 Å². The van der Waals surface area contributed by atoms with E-state index < -0.39 is 9.85 Å². The molecule has 2 rings (SSSR count). The summed E-state index contributed by atoms with van der Waals surface area (Å²) in [5.41, 5.74) is 0.309. The molecule has 0 amide bonds. The standard InChI is InChI=1S/C13H11N3O4S/c1-14-9-3-2-4-11(7-9)21-13-6-5-10(15(17)18)8-12(13)16(19)20/h2-8,14H,1H3. The van der Waals surface area contributed by atoms with Crippen molar-refractivity contribution in [1.29, 1.82) is 0 Å². The van der Waals surface area contributed by atoms with Crippen LogP contribution in [0.25, 0.3) is 0 Å². The fraction of sp³-hybridized carbons (Fsp3) is 0.0769. The summed E-state index contributed by atoms with van der Waals surface area (Å²) in [6, 6.07) is 11.0. The van der Waals surface area contributed by atoms with Gasteiger partial charge >= 0.3 is 0 Å². The second-order valence-electron chi connectivity index (χ2n) is 4.05. The summed E-state index contributed by atoms with van der Waals surface area (Å²) in [4.78, 5) is 21.7. The number of hydrogen-bond acceptors (Lipinski definition) is 6. The lowest BCUT2D eigenvalue weighted by Crippen LogP contribution is -1.94. The highest BCUT2D eigenvalue weighted by Gasteiger charge is 2.20. The molecular formula is C13H11N3O4S. The van der Waals surface area contributed by atoms with E-state index in [0.29, 0.717) is 4.90 Å². The van der Waals surface area contributed by atoms with Gasteiger partial charge < -0.3 is 5.32 Å². The van der Waals surface area contributed by atoms with Gasteiger partial charge in [-0.05, 0) is 24.3 Å². The predicted octanol–water partition coefficient (Wildman–Crippen LogP) is 3.70. The first-order valence-corrected chi connectivity index (χ1v) is 6.71. The van der Waals surface area contributed by atoms with E-state index in [1.165, 1.54) is 23.9 Å². The highest BCUT2D eigenvalue weighted by Crippen LogP contribution is 2.37. The van der Waals surface area contributed by atoms with Crippen LogP contribution in [0.3, 0.4) is 0 Å². The molecule has 0 saturated carbocycles. The first kappa shape index (κ1) is 14.8. The number of hydrogen-bond donors (Lipinski definition) is 1. The first-order valence-electron chi connectivity index (χ1n) is 5.90. The van der Waals surface area contributed by atoms with Crippen LogP contribution < -0.4 is 5.32 Å². The smallest absolute Gasteiger partial charge is 0.290 e. The molecule has 0 aliphatic carbocycles. The van der Waals surface area contributed by atoms with Crippen molar-refractivity contribution < 1.29 is 9.85 Å². The van der Waals surface area contributed by atoms with Gasteiger partial charge in [0.15, 0.2) is 0 Å². The highest BCUT2D eigenvalue weighted by atomic mass is 32.2. The summed E-state index contributed by atoms with van der Waals surface area (Å²) < 4.78 is 0. The fourth-order valence-electron chi connectivity index (χ4n) is 1.69. The normalized spacial score (nSPS) is 10.1. The molecule has 8 heteroatoms. The first-order chi connectivity index (χ1) is 10.0. The quantitative estimate of drug-likeness (QED) is 0.668. The maximum Gasteiger partial charge on any atom is 0.290 e. The van der Waals surface area contributed by atoms with Crippen molar-refractivity contribution in [2.75, 3.05) is 12.4 Å². The molecule has 0 aliphatic heterocycles. The summed E-state index contributed by atoms with van der Waals surface area (Å²) in [6.45, 7) is 0. The van der Waals surface area contributed by atoms with Gasteiger partial charge in [-0.25, -0.2) is 0 Å². The zero-order valence-electron chi connectivity index (χ0n) is 11.0. The molecule has 0 saturated heterocycles. The van der Waals surface area contributed by atoms with Crippen molar-refractivity contribution in [1.82, 2.24) is 0 Å². The summed E-state index contributed by atoms with van der Waals surface area (Å²) in [7, 11) is 1.78. The zero-order chi connectivity index (χ0) is 15.4. The Balaban J connectivity index is 2.38. The Kier molecular flexibility index (Phi) is 4.39. The molecule has 0 unspecified atom stereocenters. The van der Waals surface area contributed by atoms with Crippen LogP contribution >= 0.6 is 11.8 Å². The maximum atomic E-state index is 11.1. The average molecular weight is 305 g/mol. The Labute approximate surface area is 124 Å². The molecule has 2 aromatic carbocycles. The number of nitro benzene ring substituents is 2. The van der Waals surface area contributed by atoms with Gasteiger partial charge in [0.25, 0.3) is 11.4 Å². The van der Waals surface area contributed by atoms with Crippen molar-refractivity contribution in [3.63, 3.8) is 0 Å². The third-order valence-electron chi connectivity index (χ3n) is 2.70. The van der Waals surface area contributed by atoms with E-state index in [4.69, 9.17) is 0 Å². The fourth-order valence-corrected chi connectivity index (χ4v) is 2.65. The van der Waals surface area contributed by atoms with Gasteiger partial charge in [-0.3, -0.25) is 20.2 Å². The van der Waals surface area contributed by atoms with Crippen LogP contribution in [-0.4, -0.2) is 16.9 Å². The van der Waals surface area contributed by atoms with Gasteiger partial charge in [0.05, 0.1) is 20.8 Å². The van der Waals surface area contributed by atoms with Crippen LogP contribution in [0.15, 0.2) is 52.3 Å². The Morgan fingerprint density at radius 1 is 1.05 bits per heavy atom. The van der Waals surface area contributed by atoms with Crippen LogP contribution in [0, 0.1) is 20.2 Å². The summed E-state index contributed by atoms with van der Waals surface area (Å²) >= 11 is 1.19. The minimum Gasteiger partial charge on any atom is -0.388 e. The molecule has 0 atom stereocenters. The highest BCUT2D eigenvalue weighted by molar-refractivity contribution is 7.99. The zero-order valence-corrected chi connectivity index (χ0v) is 11.8. The molecule has 7 nitrogen and oxygen atoms in total. The summed E-state index contributed by atoms with van der Waals surface area (Å²) in [5, 5.41) is 24.7. The van der Waals surface area contributed by atoms with Gasteiger partial charge in [0, 0.05) is 23.7 Å². The number of rotatable bonds is 5. The van der Waals surface area contributed by atoms with Crippen molar-refractivity contribution >= 4 is 28.8 Å².